The molecule has 39 heavy (non-hydrogen) atoms. The monoisotopic (exact) mass is 561 g/mol. The second-order valence-corrected chi connectivity index (χ2v) is 11.0. The molecule has 2 saturated heterocycles. The highest BCUT2D eigenvalue weighted by molar-refractivity contribution is 8.26. The van der Waals surface area contributed by atoms with E-state index in [2.05, 4.69) is 9.80 Å². The number of nitrogens with zero attached hydrogens (tertiary/aromatic N) is 5. The van der Waals surface area contributed by atoms with Gasteiger partial charge in [-0.1, -0.05) is 30.0 Å². The Hall–Kier alpha value is -3.96. The smallest absolute Gasteiger partial charge is 0.267 e. The molecule has 0 radical (unpaired) electrons. The van der Waals surface area contributed by atoms with Crippen molar-refractivity contribution in [2.24, 2.45) is 0 Å². The normalized spacial score (nSPS) is 17.2. The maximum absolute atomic E-state index is 13.8. The largest absolute Gasteiger partial charge is 0.467 e. The van der Waals surface area contributed by atoms with Crippen molar-refractivity contribution in [3.63, 3.8) is 0 Å². The standard InChI is InChI=1S/C28H24FN5O3S2/c1-18-4-2-10-33-24(18)30-25(32-13-11-31(12-14-32)20-8-6-19(29)7-9-20)22(26(33)35)16-23-27(36)34(28(38)39-23)17-21-5-3-15-37-21/h2-10,15-16H,11-14,17H2,1H3. The Bertz CT molecular complexity index is 1660. The molecule has 4 aromatic rings. The zero-order valence-corrected chi connectivity index (χ0v) is 22.7. The van der Waals surface area contributed by atoms with Gasteiger partial charge in [-0.2, -0.15) is 0 Å². The summed E-state index contributed by atoms with van der Waals surface area (Å²) < 4.78 is 20.7. The van der Waals surface area contributed by atoms with Gasteiger partial charge in [0.05, 0.1) is 23.3 Å². The second kappa shape index (κ2) is 10.3. The number of carbonyl (C=O) groups excluding carboxylic acids is 1. The number of halogens is 1. The van der Waals surface area contributed by atoms with Gasteiger partial charge in [-0.3, -0.25) is 18.9 Å². The van der Waals surface area contributed by atoms with Gasteiger partial charge >= 0.3 is 0 Å². The number of benzene rings is 1. The molecule has 11 heteroatoms. The van der Waals surface area contributed by atoms with Crippen molar-refractivity contribution in [1.82, 2.24) is 14.3 Å². The zero-order chi connectivity index (χ0) is 27.1. The van der Waals surface area contributed by atoms with Crippen molar-refractivity contribution in [2.45, 2.75) is 13.5 Å². The predicted octanol–water partition coefficient (Wildman–Crippen LogP) is 4.46. The molecule has 1 amide bonds. The zero-order valence-electron chi connectivity index (χ0n) is 21.0. The first-order valence-electron chi connectivity index (χ1n) is 12.4. The van der Waals surface area contributed by atoms with Crippen LogP contribution in [-0.4, -0.2) is 50.7 Å². The molecule has 0 saturated carbocycles. The molecule has 0 atom stereocenters. The summed E-state index contributed by atoms with van der Waals surface area (Å²) in [6.45, 7) is 4.69. The number of carbonyl (C=O) groups is 1. The molecular weight excluding hydrogens is 537 g/mol. The van der Waals surface area contributed by atoms with E-state index in [-0.39, 0.29) is 23.8 Å². The number of rotatable bonds is 5. The van der Waals surface area contributed by atoms with Crippen LogP contribution in [0.3, 0.4) is 0 Å². The Morgan fingerprint density at radius 3 is 2.51 bits per heavy atom. The van der Waals surface area contributed by atoms with Crippen LogP contribution >= 0.6 is 24.0 Å². The van der Waals surface area contributed by atoms with Gasteiger partial charge in [-0.15, -0.1) is 0 Å². The van der Waals surface area contributed by atoms with E-state index >= 15 is 0 Å². The fourth-order valence-corrected chi connectivity index (χ4v) is 6.06. The van der Waals surface area contributed by atoms with Crippen molar-refractivity contribution >= 4 is 57.4 Å². The number of fused-ring (bicyclic) bond motifs is 1. The lowest BCUT2D eigenvalue weighted by atomic mass is 10.2. The van der Waals surface area contributed by atoms with Gasteiger partial charge in [0.1, 0.15) is 27.4 Å². The number of hydrogen-bond acceptors (Lipinski definition) is 8. The van der Waals surface area contributed by atoms with E-state index in [0.717, 1.165) is 23.0 Å². The molecule has 0 aliphatic carbocycles. The molecule has 6 rings (SSSR count). The minimum Gasteiger partial charge on any atom is -0.467 e. The number of aromatic nitrogens is 2. The molecule has 8 nitrogen and oxygen atoms in total. The number of hydrogen-bond donors (Lipinski definition) is 0. The van der Waals surface area contributed by atoms with Crippen LogP contribution in [0.25, 0.3) is 11.7 Å². The van der Waals surface area contributed by atoms with Crippen molar-refractivity contribution < 1.29 is 13.6 Å². The summed E-state index contributed by atoms with van der Waals surface area (Å²) in [6, 6.07) is 13.7. The highest BCUT2D eigenvalue weighted by Crippen LogP contribution is 2.35. The molecule has 0 bridgehead atoms. The summed E-state index contributed by atoms with van der Waals surface area (Å²) in [4.78, 5) is 38.1. The molecule has 2 fully saturated rings. The number of thiocarbonyl (C=S) groups is 1. The highest BCUT2D eigenvalue weighted by Gasteiger charge is 2.34. The molecule has 198 valence electrons. The molecule has 5 heterocycles. The molecule has 2 aliphatic heterocycles. The predicted molar refractivity (Wildman–Crippen MR) is 154 cm³/mol. The first-order valence-corrected chi connectivity index (χ1v) is 13.7. The fourth-order valence-electron chi connectivity index (χ4n) is 4.82. The van der Waals surface area contributed by atoms with Crippen LogP contribution in [0, 0.1) is 12.7 Å². The molecule has 3 aromatic heterocycles. The topological polar surface area (TPSA) is 74.3 Å². The number of anilines is 2. The third kappa shape index (κ3) is 4.83. The van der Waals surface area contributed by atoms with Crippen molar-refractivity contribution in [3.8, 4) is 0 Å². The van der Waals surface area contributed by atoms with Gasteiger partial charge in [0, 0.05) is 38.1 Å². The lowest BCUT2D eigenvalue weighted by Gasteiger charge is -2.37. The van der Waals surface area contributed by atoms with Crippen LogP contribution < -0.4 is 15.4 Å². The molecule has 2 aliphatic rings. The van der Waals surface area contributed by atoms with E-state index < -0.39 is 0 Å². The van der Waals surface area contributed by atoms with E-state index in [9.17, 15) is 14.0 Å². The van der Waals surface area contributed by atoms with E-state index in [1.54, 1.807) is 48.9 Å². The van der Waals surface area contributed by atoms with Gasteiger partial charge < -0.3 is 14.2 Å². The lowest BCUT2D eigenvalue weighted by molar-refractivity contribution is -0.122. The summed E-state index contributed by atoms with van der Waals surface area (Å²) in [7, 11) is 0. The fraction of sp³-hybridized carbons (Fsp3) is 0.214. The number of aryl methyl sites for hydroxylation is 1. The van der Waals surface area contributed by atoms with Crippen LogP contribution in [0.2, 0.25) is 0 Å². The molecule has 0 unspecified atom stereocenters. The Morgan fingerprint density at radius 2 is 1.79 bits per heavy atom. The number of furan rings is 1. The maximum Gasteiger partial charge on any atom is 0.267 e. The van der Waals surface area contributed by atoms with Crippen LogP contribution in [0.5, 0.6) is 0 Å². The third-order valence-electron chi connectivity index (χ3n) is 6.88. The quantitative estimate of drug-likeness (QED) is 0.261. The van der Waals surface area contributed by atoms with Crippen molar-refractivity contribution in [1.29, 1.82) is 0 Å². The summed E-state index contributed by atoms with van der Waals surface area (Å²) in [5.74, 6) is 0.606. The van der Waals surface area contributed by atoms with E-state index in [1.807, 2.05) is 13.0 Å². The van der Waals surface area contributed by atoms with Crippen LogP contribution in [0.1, 0.15) is 16.9 Å². The Morgan fingerprint density at radius 1 is 1.05 bits per heavy atom. The van der Waals surface area contributed by atoms with Gasteiger partial charge in [0.25, 0.3) is 11.5 Å². The lowest BCUT2D eigenvalue weighted by Crippen LogP contribution is -2.47. The molecule has 0 spiro atoms. The Kier molecular flexibility index (Phi) is 6.69. The van der Waals surface area contributed by atoms with Gasteiger partial charge in [0.15, 0.2) is 0 Å². The minimum absolute atomic E-state index is 0.224. The second-order valence-electron chi connectivity index (χ2n) is 9.34. The summed E-state index contributed by atoms with van der Waals surface area (Å²) in [5.41, 5.74) is 2.47. The first kappa shape index (κ1) is 25.3. The number of thioether (sulfide) groups is 1. The van der Waals surface area contributed by atoms with Gasteiger partial charge in [-0.25, -0.2) is 9.37 Å². The number of amides is 1. The van der Waals surface area contributed by atoms with E-state index in [1.165, 1.54) is 21.4 Å². The molecule has 1 aromatic carbocycles. The average Bonchev–Trinajstić information content (AvgIpc) is 3.55. The van der Waals surface area contributed by atoms with Crippen LogP contribution in [0.4, 0.5) is 15.9 Å². The van der Waals surface area contributed by atoms with E-state index in [0.29, 0.717) is 58.2 Å². The highest BCUT2D eigenvalue weighted by atomic mass is 32.2. The van der Waals surface area contributed by atoms with Crippen LogP contribution in [0.15, 0.2) is 75.1 Å². The summed E-state index contributed by atoms with van der Waals surface area (Å²) in [6.07, 6.45) is 4.86. The van der Waals surface area contributed by atoms with Gasteiger partial charge in [-0.05, 0) is 61.0 Å². The minimum atomic E-state index is -0.276. The van der Waals surface area contributed by atoms with Gasteiger partial charge in [0.2, 0.25) is 0 Å². The Labute approximate surface area is 233 Å². The number of piperazine rings is 1. The van der Waals surface area contributed by atoms with Crippen molar-refractivity contribution in [2.75, 3.05) is 36.0 Å². The number of pyridine rings is 1. The molecule has 0 N–H and O–H groups in total. The van der Waals surface area contributed by atoms with Crippen LogP contribution in [-0.2, 0) is 11.3 Å². The maximum atomic E-state index is 13.8. The Balaban J connectivity index is 1.36. The summed E-state index contributed by atoms with van der Waals surface area (Å²) >= 11 is 6.65. The molecular formula is C28H24FN5O3S2. The third-order valence-corrected chi connectivity index (χ3v) is 8.26. The van der Waals surface area contributed by atoms with E-state index in [4.69, 9.17) is 21.6 Å². The summed E-state index contributed by atoms with van der Waals surface area (Å²) in [5, 5.41) is 0. The first-order chi connectivity index (χ1) is 18.9. The van der Waals surface area contributed by atoms with Crippen molar-refractivity contribution in [3.05, 3.63) is 99.0 Å². The average molecular weight is 562 g/mol. The SMILES string of the molecule is Cc1cccn2c(=O)c(C=C3SC(=S)N(Cc4ccco4)C3=O)c(N3CCN(c4ccc(F)cc4)CC3)nc12.